The fourth-order valence-electron chi connectivity index (χ4n) is 2.18. The Morgan fingerprint density at radius 1 is 1.47 bits per heavy atom. The SMILES string of the molecule is NC(=NO)C1(C(=O)NCC2CCSCC2)CC1. The minimum Gasteiger partial charge on any atom is -0.409 e. The Bertz CT molecular complexity index is 323. The lowest BCUT2D eigenvalue weighted by atomic mass is 10.0. The molecule has 6 heteroatoms. The molecule has 0 aromatic rings. The van der Waals surface area contributed by atoms with Crippen molar-refractivity contribution in [3.05, 3.63) is 0 Å². The lowest BCUT2D eigenvalue weighted by Gasteiger charge is -2.22. The maximum absolute atomic E-state index is 12.0. The van der Waals surface area contributed by atoms with Crippen LogP contribution in [0.5, 0.6) is 0 Å². The molecule has 0 bridgehead atoms. The van der Waals surface area contributed by atoms with E-state index in [4.69, 9.17) is 10.9 Å². The van der Waals surface area contributed by atoms with Crippen molar-refractivity contribution in [1.29, 1.82) is 0 Å². The fraction of sp³-hybridized carbons (Fsp3) is 0.818. The van der Waals surface area contributed by atoms with Crippen LogP contribution in [0.4, 0.5) is 0 Å². The molecule has 1 aliphatic heterocycles. The quantitative estimate of drug-likeness (QED) is 0.300. The number of hydrogen-bond donors (Lipinski definition) is 3. The third kappa shape index (κ3) is 2.68. The highest BCUT2D eigenvalue weighted by molar-refractivity contribution is 7.99. The van der Waals surface area contributed by atoms with Crippen molar-refractivity contribution in [2.45, 2.75) is 25.7 Å². The first-order valence-corrected chi connectivity index (χ1v) is 7.18. The molecule has 1 saturated heterocycles. The van der Waals surface area contributed by atoms with Crippen molar-refractivity contribution in [3.8, 4) is 0 Å². The minimum absolute atomic E-state index is 0.0502. The molecule has 0 unspecified atom stereocenters. The predicted octanol–water partition coefficient (Wildman–Crippen LogP) is 0.772. The zero-order valence-electron chi connectivity index (χ0n) is 9.82. The Labute approximate surface area is 105 Å². The molecule has 1 saturated carbocycles. The van der Waals surface area contributed by atoms with Crippen LogP contribution in [0.25, 0.3) is 0 Å². The number of amidine groups is 1. The van der Waals surface area contributed by atoms with Gasteiger partial charge in [0.25, 0.3) is 0 Å². The number of rotatable bonds is 4. The average molecular weight is 257 g/mol. The van der Waals surface area contributed by atoms with Crippen molar-refractivity contribution in [1.82, 2.24) is 5.32 Å². The van der Waals surface area contributed by atoms with E-state index in [2.05, 4.69) is 10.5 Å². The molecule has 0 atom stereocenters. The van der Waals surface area contributed by atoms with Gasteiger partial charge in [0.05, 0.1) is 0 Å². The molecule has 0 aromatic carbocycles. The number of nitrogens with one attached hydrogen (secondary N) is 1. The van der Waals surface area contributed by atoms with E-state index in [1.807, 2.05) is 11.8 Å². The first-order chi connectivity index (χ1) is 8.19. The van der Waals surface area contributed by atoms with E-state index in [1.165, 1.54) is 24.3 Å². The Hall–Kier alpha value is -0.910. The molecule has 1 heterocycles. The highest BCUT2D eigenvalue weighted by atomic mass is 32.2. The van der Waals surface area contributed by atoms with Gasteiger partial charge in [0.2, 0.25) is 5.91 Å². The van der Waals surface area contributed by atoms with Gasteiger partial charge in [0.1, 0.15) is 5.41 Å². The molecule has 0 aromatic heterocycles. The lowest BCUT2D eigenvalue weighted by Crippen LogP contribution is -2.42. The molecule has 2 aliphatic rings. The second-order valence-corrected chi connectivity index (χ2v) is 6.06. The zero-order valence-corrected chi connectivity index (χ0v) is 10.6. The number of nitrogens with two attached hydrogens (primary N) is 1. The third-order valence-electron chi connectivity index (χ3n) is 3.67. The van der Waals surface area contributed by atoms with E-state index >= 15 is 0 Å². The molecule has 5 nitrogen and oxygen atoms in total. The molecule has 96 valence electrons. The van der Waals surface area contributed by atoms with E-state index in [1.54, 1.807) is 0 Å². The van der Waals surface area contributed by atoms with Gasteiger partial charge >= 0.3 is 0 Å². The number of oxime groups is 1. The van der Waals surface area contributed by atoms with E-state index in [0.717, 1.165) is 6.54 Å². The van der Waals surface area contributed by atoms with Crippen molar-refractivity contribution >= 4 is 23.5 Å². The summed E-state index contributed by atoms with van der Waals surface area (Å²) in [5, 5.41) is 14.6. The third-order valence-corrected chi connectivity index (χ3v) is 4.72. The highest BCUT2D eigenvalue weighted by Gasteiger charge is 2.54. The molecule has 2 rings (SSSR count). The molecule has 17 heavy (non-hydrogen) atoms. The Morgan fingerprint density at radius 3 is 2.65 bits per heavy atom. The maximum Gasteiger partial charge on any atom is 0.233 e. The van der Waals surface area contributed by atoms with Crippen LogP contribution in [0.2, 0.25) is 0 Å². The molecular weight excluding hydrogens is 238 g/mol. The molecule has 1 amide bonds. The summed E-state index contributed by atoms with van der Waals surface area (Å²) in [6.07, 6.45) is 3.72. The minimum atomic E-state index is -0.710. The van der Waals surface area contributed by atoms with E-state index in [0.29, 0.717) is 18.8 Å². The molecule has 2 fully saturated rings. The predicted molar refractivity (Wildman–Crippen MR) is 68.1 cm³/mol. The van der Waals surface area contributed by atoms with Crippen molar-refractivity contribution < 1.29 is 10.0 Å². The fourth-order valence-corrected chi connectivity index (χ4v) is 3.38. The van der Waals surface area contributed by atoms with E-state index in [9.17, 15) is 4.79 Å². The molecule has 0 spiro atoms. The first-order valence-electron chi connectivity index (χ1n) is 6.03. The molecule has 0 radical (unpaired) electrons. The molecule has 1 aliphatic carbocycles. The molecule has 4 N–H and O–H groups in total. The summed E-state index contributed by atoms with van der Waals surface area (Å²) in [6, 6.07) is 0. The van der Waals surface area contributed by atoms with Gasteiger partial charge in [0.15, 0.2) is 5.84 Å². The van der Waals surface area contributed by atoms with Gasteiger partial charge in [-0.1, -0.05) is 5.16 Å². The van der Waals surface area contributed by atoms with Gasteiger partial charge in [-0.3, -0.25) is 4.79 Å². The van der Waals surface area contributed by atoms with Crippen LogP contribution in [0.1, 0.15) is 25.7 Å². The Balaban J connectivity index is 1.81. The maximum atomic E-state index is 12.0. The van der Waals surface area contributed by atoms with Crippen molar-refractivity contribution in [2.24, 2.45) is 22.2 Å². The Kier molecular flexibility index (Phi) is 3.81. The summed E-state index contributed by atoms with van der Waals surface area (Å²) < 4.78 is 0. The van der Waals surface area contributed by atoms with Gasteiger partial charge < -0.3 is 16.3 Å². The normalized spacial score (nSPS) is 24.4. The zero-order chi connectivity index (χ0) is 12.3. The summed E-state index contributed by atoms with van der Waals surface area (Å²) >= 11 is 1.97. The monoisotopic (exact) mass is 257 g/mol. The van der Waals surface area contributed by atoms with Crippen LogP contribution in [0, 0.1) is 11.3 Å². The van der Waals surface area contributed by atoms with Gasteiger partial charge in [0, 0.05) is 6.54 Å². The average Bonchev–Trinajstić information content (AvgIpc) is 3.17. The van der Waals surface area contributed by atoms with Gasteiger partial charge in [-0.15, -0.1) is 0 Å². The van der Waals surface area contributed by atoms with E-state index in [-0.39, 0.29) is 11.7 Å². The summed E-state index contributed by atoms with van der Waals surface area (Å²) in [6.45, 7) is 0.722. The summed E-state index contributed by atoms with van der Waals surface area (Å²) in [5.41, 5.74) is 4.85. The lowest BCUT2D eigenvalue weighted by molar-refractivity contribution is -0.124. The summed E-state index contributed by atoms with van der Waals surface area (Å²) in [7, 11) is 0. The topological polar surface area (TPSA) is 87.7 Å². The van der Waals surface area contributed by atoms with E-state index < -0.39 is 5.41 Å². The van der Waals surface area contributed by atoms with Crippen LogP contribution >= 0.6 is 11.8 Å². The number of thioether (sulfide) groups is 1. The largest absolute Gasteiger partial charge is 0.409 e. The second-order valence-electron chi connectivity index (χ2n) is 4.83. The highest BCUT2D eigenvalue weighted by Crippen LogP contribution is 2.46. The number of amides is 1. The van der Waals surface area contributed by atoms with Crippen LogP contribution in [0.3, 0.4) is 0 Å². The summed E-state index contributed by atoms with van der Waals surface area (Å²) in [4.78, 5) is 12.0. The van der Waals surface area contributed by atoms with Gasteiger partial charge in [-0.05, 0) is 43.1 Å². The summed E-state index contributed by atoms with van der Waals surface area (Å²) in [5.74, 6) is 2.93. The smallest absolute Gasteiger partial charge is 0.233 e. The second kappa shape index (κ2) is 5.16. The van der Waals surface area contributed by atoms with Crippen molar-refractivity contribution in [3.63, 3.8) is 0 Å². The van der Waals surface area contributed by atoms with Crippen LogP contribution in [-0.2, 0) is 4.79 Å². The first kappa shape index (κ1) is 12.5. The van der Waals surface area contributed by atoms with Crippen LogP contribution < -0.4 is 11.1 Å². The number of nitrogens with zero attached hydrogens (tertiary/aromatic N) is 1. The van der Waals surface area contributed by atoms with Crippen molar-refractivity contribution in [2.75, 3.05) is 18.1 Å². The Morgan fingerprint density at radius 2 is 2.12 bits per heavy atom. The molecular formula is C11H19N3O2S. The standard InChI is InChI=1S/C11H19N3O2S/c12-9(14-16)11(3-4-11)10(15)13-7-8-1-5-17-6-2-8/h8,16H,1-7H2,(H2,12,14)(H,13,15). The van der Waals surface area contributed by atoms with Gasteiger partial charge in [-0.2, -0.15) is 11.8 Å². The van der Waals surface area contributed by atoms with Crippen LogP contribution in [-0.4, -0.2) is 35.0 Å². The number of hydrogen-bond acceptors (Lipinski definition) is 4. The number of carbonyl (C=O) groups excluding carboxylic acids is 1. The van der Waals surface area contributed by atoms with Crippen LogP contribution in [0.15, 0.2) is 5.16 Å². The van der Waals surface area contributed by atoms with Gasteiger partial charge in [-0.25, -0.2) is 0 Å². The number of carbonyl (C=O) groups is 1.